The summed E-state index contributed by atoms with van der Waals surface area (Å²) in [5, 5.41) is 20.5. The van der Waals surface area contributed by atoms with Crippen molar-refractivity contribution in [2.45, 2.75) is 37.3 Å². The Kier molecular flexibility index (Phi) is 7.72. The highest BCUT2D eigenvalue weighted by Crippen LogP contribution is 2.39. The van der Waals surface area contributed by atoms with E-state index in [1.807, 2.05) is 0 Å². The van der Waals surface area contributed by atoms with Gasteiger partial charge in [0.1, 0.15) is 18.3 Å². The van der Waals surface area contributed by atoms with E-state index in [0.29, 0.717) is 9.13 Å². The Morgan fingerprint density at radius 1 is 1.05 bits per heavy atom. The lowest BCUT2D eigenvalue weighted by Crippen LogP contribution is -2.43. The number of nitrogens with zero attached hydrogens (tertiary/aromatic N) is 3. The Balaban J connectivity index is 1.73. The molecular weight excluding hydrogens is 538 g/mol. The van der Waals surface area contributed by atoms with Crippen molar-refractivity contribution in [2.75, 3.05) is 6.61 Å². The van der Waals surface area contributed by atoms with Crippen LogP contribution in [0.25, 0.3) is 11.1 Å². The molecule has 4 atom stereocenters. The number of phosphoric acid groups is 1. The Hall–Kier alpha value is -3.17. The van der Waals surface area contributed by atoms with Crippen LogP contribution in [0.5, 0.6) is 0 Å². The van der Waals surface area contributed by atoms with Gasteiger partial charge in [-0.15, -0.1) is 0 Å². The molecule has 0 amide bonds. The van der Waals surface area contributed by atoms with Crippen molar-refractivity contribution in [3.63, 3.8) is 0 Å². The van der Waals surface area contributed by atoms with Gasteiger partial charge < -0.3 is 24.7 Å². The standard InChI is InChI=1S/C22H21F3N3O9P/c23-22(24,25)17-13(12-4-2-1-3-5-12)6-8-26-14(17)10-28-16(29)7-9-27(21(28)32)20-19(31)18(30)15(37-20)11-36-38(33,34)35/h1-9,15,18-20,30-31H,10-11H2,(H2,33,34,35)/t15-,18?,19?,20-/m1/s1. The first-order chi connectivity index (χ1) is 17.8. The third-order valence-electron chi connectivity index (χ3n) is 5.82. The first-order valence-electron chi connectivity index (χ1n) is 10.9. The Morgan fingerprint density at radius 3 is 2.37 bits per heavy atom. The van der Waals surface area contributed by atoms with Gasteiger partial charge in [-0.3, -0.25) is 23.4 Å². The molecule has 0 spiro atoms. The van der Waals surface area contributed by atoms with Crippen molar-refractivity contribution in [3.05, 3.63) is 87.0 Å². The second kappa shape index (κ2) is 10.5. The number of alkyl halides is 3. The highest BCUT2D eigenvalue weighted by atomic mass is 31.2. The number of phosphoric ester groups is 1. The van der Waals surface area contributed by atoms with Crippen LogP contribution in [0, 0.1) is 0 Å². The molecule has 0 saturated carbocycles. The predicted molar refractivity (Wildman–Crippen MR) is 123 cm³/mol. The first kappa shape index (κ1) is 27.9. The summed E-state index contributed by atoms with van der Waals surface area (Å²) in [6.07, 6.45) is -9.56. The molecule has 0 bridgehead atoms. The number of rotatable bonds is 7. The summed E-state index contributed by atoms with van der Waals surface area (Å²) < 4.78 is 64.1. The molecule has 0 radical (unpaired) electrons. The molecule has 3 aromatic rings. The van der Waals surface area contributed by atoms with E-state index in [9.17, 15) is 37.5 Å². The molecule has 1 saturated heterocycles. The topological polar surface area (TPSA) is 173 Å². The van der Waals surface area contributed by atoms with Crippen molar-refractivity contribution < 1.29 is 47.0 Å². The van der Waals surface area contributed by atoms with E-state index < -0.39 is 74.2 Å². The quantitative estimate of drug-likeness (QED) is 0.304. The van der Waals surface area contributed by atoms with Crippen molar-refractivity contribution in [2.24, 2.45) is 0 Å². The molecule has 2 aromatic heterocycles. The Labute approximate surface area is 211 Å². The van der Waals surface area contributed by atoms with E-state index in [2.05, 4.69) is 9.51 Å². The molecule has 1 fully saturated rings. The molecule has 1 aliphatic heterocycles. The van der Waals surface area contributed by atoms with E-state index in [1.165, 1.54) is 12.1 Å². The average molecular weight is 559 g/mol. The molecule has 1 aromatic carbocycles. The molecule has 4 N–H and O–H groups in total. The predicted octanol–water partition coefficient (Wildman–Crippen LogP) is 0.868. The van der Waals surface area contributed by atoms with Gasteiger partial charge >= 0.3 is 19.7 Å². The fourth-order valence-corrected chi connectivity index (χ4v) is 4.43. The maximum atomic E-state index is 14.2. The highest BCUT2D eigenvalue weighted by Gasteiger charge is 2.45. The number of aliphatic hydroxyl groups excluding tert-OH is 2. The smallest absolute Gasteiger partial charge is 0.387 e. The number of hydrogen-bond donors (Lipinski definition) is 4. The van der Waals surface area contributed by atoms with Crippen LogP contribution in [-0.4, -0.2) is 59.0 Å². The van der Waals surface area contributed by atoms with Crippen molar-refractivity contribution in [1.82, 2.24) is 14.1 Å². The van der Waals surface area contributed by atoms with Crippen molar-refractivity contribution >= 4 is 7.82 Å². The van der Waals surface area contributed by atoms with E-state index in [1.54, 1.807) is 18.2 Å². The van der Waals surface area contributed by atoms with Gasteiger partial charge in [-0.25, -0.2) is 9.36 Å². The highest BCUT2D eigenvalue weighted by molar-refractivity contribution is 7.46. The average Bonchev–Trinajstić information content (AvgIpc) is 3.13. The van der Waals surface area contributed by atoms with E-state index in [-0.39, 0.29) is 11.1 Å². The molecule has 12 nitrogen and oxygen atoms in total. The number of ether oxygens (including phenoxy) is 1. The van der Waals surface area contributed by atoms with Crippen LogP contribution >= 0.6 is 7.82 Å². The summed E-state index contributed by atoms with van der Waals surface area (Å²) in [5.41, 5.74) is -3.89. The maximum Gasteiger partial charge on any atom is 0.469 e. The third-order valence-corrected chi connectivity index (χ3v) is 6.30. The summed E-state index contributed by atoms with van der Waals surface area (Å²) in [5.74, 6) is 0. The Morgan fingerprint density at radius 2 is 1.74 bits per heavy atom. The minimum absolute atomic E-state index is 0.210. The number of aromatic nitrogens is 3. The van der Waals surface area contributed by atoms with Crippen LogP contribution in [0.4, 0.5) is 13.2 Å². The molecule has 38 heavy (non-hydrogen) atoms. The van der Waals surface area contributed by atoms with Crippen LogP contribution < -0.4 is 11.2 Å². The second-order valence-electron chi connectivity index (χ2n) is 8.31. The first-order valence-corrected chi connectivity index (χ1v) is 12.4. The second-order valence-corrected chi connectivity index (χ2v) is 9.55. The lowest BCUT2D eigenvalue weighted by Gasteiger charge is -2.20. The Bertz CT molecular complexity index is 1470. The zero-order valence-corrected chi connectivity index (χ0v) is 20.1. The van der Waals surface area contributed by atoms with Gasteiger partial charge in [-0.1, -0.05) is 30.3 Å². The van der Waals surface area contributed by atoms with Gasteiger partial charge in [-0.05, 0) is 17.2 Å². The fraction of sp³-hybridized carbons (Fsp3) is 0.318. The number of pyridine rings is 1. The van der Waals surface area contributed by atoms with Gasteiger partial charge in [0.25, 0.3) is 5.56 Å². The number of halogens is 3. The van der Waals surface area contributed by atoms with Crippen LogP contribution in [0.2, 0.25) is 0 Å². The van der Waals surface area contributed by atoms with Crippen LogP contribution in [-0.2, 0) is 26.5 Å². The molecule has 2 unspecified atom stereocenters. The van der Waals surface area contributed by atoms with Crippen molar-refractivity contribution in [1.29, 1.82) is 0 Å². The maximum absolute atomic E-state index is 14.2. The van der Waals surface area contributed by atoms with Gasteiger partial charge in [0, 0.05) is 18.5 Å². The van der Waals surface area contributed by atoms with Crippen LogP contribution in [0.3, 0.4) is 0 Å². The molecule has 1 aliphatic rings. The summed E-state index contributed by atoms with van der Waals surface area (Å²) in [6.45, 7) is -1.73. The van der Waals surface area contributed by atoms with Gasteiger partial charge in [0.05, 0.1) is 24.4 Å². The molecular formula is C22H21F3N3O9P. The monoisotopic (exact) mass is 559 g/mol. The SMILES string of the molecule is O=c1ccn([C@@H]2O[C@H](COP(=O)(O)O)C(O)C2O)c(=O)n1Cc1nccc(-c2ccccc2)c1C(F)(F)F. The summed E-state index contributed by atoms with van der Waals surface area (Å²) in [6, 6.07) is 9.67. The minimum atomic E-state index is -4.95. The molecule has 3 heterocycles. The third kappa shape index (κ3) is 5.78. The fourth-order valence-electron chi connectivity index (χ4n) is 4.09. The van der Waals surface area contributed by atoms with Gasteiger partial charge in [0.15, 0.2) is 6.23 Å². The van der Waals surface area contributed by atoms with E-state index in [0.717, 1.165) is 24.5 Å². The van der Waals surface area contributed by atoms with Gasteiger partial charge in [0.2, 0.25) is 0 Å². The lowest BCUT2D eigenvalue weighted by atomic mass is 9.98. The summed E-state index contributed by atoms with van der Waals surface area (Å²) >= 11 is 0. The van der Waals surface area contributed by atoms with Crippen LogP contribution in [0.1, 0.15) is 17.5 Å². The van der Waals surface area contributed by atoms with E-state index in [4.69, 9.17) is 14.5 Å². The summed E-state index contributed by atoms with van der Waals surface area (Å²) in [7, 11) is -4.95. The van der Waals surface area contributed by atoms with Crippen molar-refractivity contribution in [3.8, 4) is 11.1 Å². The molecule has 16 heteroatoms. The zero-order valence-electron chi connectivity index (χ0n) is 19.2. The van der Waals surface area contributed by atoms with E-state index >= 15 is 0 Å². The zero-order chi connectivity index (χ0) is 27.8. The van der Waals surface area contributed by atoms with Crippen LogP contribution in [0.15, 0.2) is 64.4 Å². The molecule has 0 aliphatic carbocycles. The number of benzene rings is 1. The number of aliphatic hydroxyl groups is 2. The molecule has 204 valence electrons. The lowest BCUT2D eigenvalue weighted by molar-refractivity contribution is -0.138. The normalized spacial score (nSPS) is 22.1. The largest absolute Gasteiger partial charge is 0.469 e. The number of hydrogen-bond acceptors (Lipinski definition) is 8. The minimum Gasteiger partial charge on any atom is -0.387 e. The summed E-state index contributed by atoms with van der Waals surface area (Å²) in [4.78, 5) is 47.2. The molecule has 4 rings (SSSR count). The van der Waals surface area contributed by atoms with Gasteiger partial charge in [-0.2, -0.15) is 13.2 Å².